The number of hydrogen-bond acceptors (Lipinski definition) is 9. The predicted octanol–water partition coefficient (Wildman–Crippen LogP) is 2.75. The number of terminal acetylenes is 1. The summed E-state index contributed by atoms with van der Waals surface area (Å²) in [5.74, 6) is -0.0847. The monoisotopic (exact) mass is 580 g/mol. The Kier molecular flexibility index (Phi) is 8.32. The molecule has 0 bridgehead atoms. The van der Waals surface area contributed by atoms with Crippen molar-refractivity contribution in [2.75, 3.05) is 6.61 Å². The second-order valence-corrected chi connectivity index (χ2v) is 9.39. The molecule has 0 saturated carbocycles. The average Bonchev–Trinajstić information content (AvgIpc) is 3.33. The first-order valence-corrected chi connectivity index (χ1v) is 13.0. The van der Waals surface area contributed by atoms with Gasteiger partial charge in [0.05, 0.1) is 16.7 Å². The van der Waals surface area contributed by atoms with Gasteiger partial charge >= 0.3 is 23.6 Å². The van der Waals surface area contributed by atoms with Gasteiger partial charge < -0.3 is 18.9 Å². The highest BCUT2D eigenvalue weighted by Gasteiger charge is 2.63. The first-order valence-electron chi connectivity index (χ1n) is 13.0. The number of ether oxygens (including phenoxy) is 4. The lowest BCUT2D eigenvalue weighted by Gasteiger charge is -2.33. The lowest BCUT2D eigenvalue weighted by molar-refractivity contribution is -0.0896. The van der Waals surface area contributed by atoms with E-state index in [1.165, 1.54) is 24.3 Å². The minimum absolute atomic E-state index is 0.108. The second kappa shape index (κ2) is 12.4. The van der Waals surface area contributed by atoms with Gasteiger partial charge in [-0.05, 0) is 42.3 Å². The summed E-state index contributed by atoms with van der Waals surface area (Å²) in [4.78, 5) is 66.3. The van der Waals surface area contributed by atoms with Crippen LogP contribution in [0.4, 0.5) is 0 Å². The molecule has 1 N–H and O–H groups in total. The van der Waals surface area contributed by atoms with Gasteiger partial charge in [0, 0.05) is 12.3 Å². The second-order valence-electron chi connectivity index (χ2n) is 9.39. The quantitative estimate of drug-likeness (QED) is 0.189. The summed E-state index contributed by atoms with van der Waals surface area (Å²) < 4.78 is 24.2. The molecule has 216 valence electrons. The third-order valence-electron chi connectivity index (χ3n) is 6.66. The molecule has 1 aromatic heterocycles. The Bertz CT molecular complexity index is 1780. The Balaban J connectivity index is 1.59. The van der Waals surface area contributed by atoms with Crippen molar-refractivity contribution in [1.29, 1.82) is 0 Å². The summed E-state index contributed by atoms with van der Waals surface area (Å²) in [5, 5.41) is 0. The van der Waals surface area contributed by atoms with Crippen molar-refractivity contribution in [3.63, 3.8) is 0 Å². The Morgan fingerprint density at radius 1 is 0.814 bits per heavy atom. The third-order valence-corrected chi connectivity index (χ3v) is 6.66. The van der Waals surface area contributed by atoms with E-state index in [-0.39, 0.29) is 16.7 Å². The number of carbonyl (C=O) groups excluding carboxylic acids is 3. The zero-order chi connectivity index (χ0) is 30.4. The SMILES string of the molecule is C#C[C@]1(OC(=O)c2ccccc2)[C@H](OC(=O)c2ccccc2)[C@@H](COC(=O)c2ccccc2)O[C@H]1n1ccc(=O)[nH]c1=O. The van der Waals surface area contributed by atoms with Crippen molar-refractivity contribution in [3.05, 3.63) is 141 Å². The normalized spacial score (nSPS) is 20.9. The van der Waals surface area contributed by atoms with E-state index >= 15 is 0 Å². The predicted molar refractivity (Wildman–Crippen MR) is 151 cm³/mol. The van der Waals surface area contributed by atoms with Gasteiger partial charge in [-0.2, -0.15) is 0 Å². The fourth-order valence-corrected chi connectivity index (χ4v) is 4.58. The van der Waals surface area contributed by atoms with E-state index in [0.717, 1.165) is 16.8 Å². The smallest absolute Gasteiger partial charge is 0.339 e. The number of nitrogens with zero attached hydrogens (tertiary/aromatic N) is 1. The molecular formula is C32H24N2O9. The summed E-state index contributed by atoms with van der Waals surface area (Å²) in [6, 6.07) is 25.0. The molecule has 2 heterocycles. The van der Waals surface area contributed by atoms with Gasteiger partial charge in [0.25, 0.3) is 11.2 Å². The molecule has 0 aliphatic carbocycles. The van der Waals surface area contributed by atoms with Crippen LogP contribution in [0.15, 0.2) is 113 Å². The summed E-state index contributed by atoms with van der Waals surface area (Å²) in [7, 11) is 0. The van der Waals surface area contributed by atoms with Gasteiger partial charge in [0.15, 0.2) is 12.3 Å². The molecule has 0 radical (unpaired) electrons. The summed E-state index contributed by atoms with van der Waals surface area (Å²) in [6.07, 6.45) is 2.58. The molecule has 0 unspecified atom stereocenters. The van der Waals surface area contributed by atoms with Crippen LogP contribution in [-0.2, 0) is 18.9 Å². The number of benzene rings is 3. The number of aromatic amines is 1. The van der Waals surface area contributed by atoms with E-state index in [4.69, 9.17) is 25.4 Å². The molecule has 3 aromatic carbocycles. The summed E-state index contributed by atoms with van der Waals surface area (Å²) >= 11 is 0. The van der Waals surface area contributed by atoms with E-state index in [2.05, 4.69) is 10.9 Å². The maximum absolute atomic E-state index is 13.4. The number of H-pyrrole nitrogens is 1. The van der Waals surface area contributed by atoms with Crippen molar-refractivity contribution >= 4 is 17.9 Å². The van der Waals surface area contributed by atoms with Gasteiger partial charge in [-0.15, -0.1) is 6.42 Å². The molecule has 1 fully saturated rings. The standard InChI is InChI=1S/C32H24N2O9/c1-2-32(43-29(38)23-16-10-5-11-17-23)26(42-28(37)22-14-8-4-9-15-22)24(20-40-27(36)21-12-6-3-7-13-21)41-30(32)34-19-18-25(35)33-31(34)39/h1,3-19,24,26,30H,20H2,(H,33,35,39)/t24-,26-,30-,32+/m1/s1. The minimum atomic E-state index is -2.27. The van der Waals surface area contributed by atoms with Crippen molar-refractivity contribution < 1.29 is 33.3 Å². The van der Waals surface area contributed by atoms with Crippen LogP contribution in [0.1, 0.15) is 37.3 Å². The van der Waals surface area contributed by atoms with E-state index in [1.807, 2.05) is 0 Å². The third kappa shape index (κ3) is 6.00. The maximum atomic E-state index is 13.4. The van der Waals surface area contributed by atoms with E-state index in [9.17, 15) is 24.0 Å². The zero-order valence-electron chi connectivity index (χ0n) is 22.5. The molecule has 4 atom stereocenters. The lowest BCUT2D eigenvalue weighted by Crippen LogP contribution is -2.53. The van der Waals surface area contributed by atoms with E-state index < -0.39 is 59.8 Å². The molecule has 1 aliphatic rings. The fourth-order valence-electron chi connectivity index (χ4n) is 4.58. The largest absolute Gasteiger partial charge is 0.459 e. The van der Waals surface area contributed by atoms with Crippen LogP contribution < -0.4 is 11.2 Å². The molecule has 0 amide bonds. The first-order chi connectivity index (χ1) is 20.8. The van der Waals surface area contributed by atoms with E-state index in [1.54, 1.807) is 66.7 Å². The summed E-state index contributed by atoms with van der Waals surface area (Å²) in [6.45, 7) is -0.513. The number of nitrogens with one attached hydrogen (secondary N) is 1. The number of aromatic nitrogens is 2. The van der Waals surface area contributed by atoms with Gasteiger partial charge in [0.2, 0.25) is 0 Å². The summed E-state index contributed by atoms with van der Waals surface area (Å²) in [5.41, 5.74) is -3.42. The van der Waals surface area contributed by atoms with Crippen LogP contribution in [0.3, 0.4) is 0 Å². The van der Waals surface area contributed by atoms with Gasteiger partial charge in [-0.3, -0.25) is 14.3 Å². The highest BCUT2D eigenvalue weighted by atomic mass is 16.7. The number of carbonyl (C=O) groups is 3. The van der Waals surface area contributed by atoms with Crippen molar-refractivity contribution in [2.24, 2.45) is 0 Å². The van der Waals surface area contributed by atoms with Crippen molar-refractivity contribution in [2.45, 2.75) is 24.0 Å². The van der Waals surface area contributed by atoms with Gasteiger partial charge in [-0.25, -0.2) is 19.2 Å². The lowest BCUT2D eigenvalue weighted by atomic mass is 9.93. The van der Waals surface area contributed by atoms with Crippen LogP contribution in [0.2, 0.25) is 0 Å². The molecule has 0 spiro atoms. The molecule has 4 aromatic rings. The highest BCUT2D eigenvalue weighted by molar-refractivity contribution is 5.91. The Morgan fingerprint density at radius 3 is 1.88 bits per heavy atom. The van der Waals surface area contributed by atoms with Crippen LogP contribution in [-0.4, -0.2) is 51.9 Å². The first kappa shape index (κ1) is 28.8. The number of esters is 3. The Hall–Kier alpha value is -5.73. The van der Waals surface area contributed by atoms with E-state index in [0.29, 0.717) is 0 Å². The highest BCUT2D eigenvalue weighted by Crippen LogP contribution is 2.43. The molecule has 11 heteroatoms. The van der Waals surface area contributed by atoms with Crippen LogP contribution >= 0.6 is 0 Å². The molecule has 43 heavy (non-hydrogen) atoms. The molecule has 5 rings (SSSR count). The van der Waals surface area contributed by atoms with Crippen LogP contribution in [0.25, 0.3) is 0 Å². The van der Waals surface area contributed by atoms with Crippen molar-refractivity contribution in [3.8, 4) is 12.3 Å². The fraction of sp³-hybridized carbons (Fsp3) is 0.156. The molecule has 1 aliphatic heterocycles. The molecular weight excluding hydrogens is 556 g/mol. The number of hydrogen-bond donors (Lipinski definition) is 1. The number of rotatable bonds is 8. The molecule has 1 saturated heterocycles. The Morgan fingerprint density at radius 2 is 1.35 bits per heavy atom. The maximum Gasteiger partial charge on any atom is 0.339 e. The van der Waals surface area contributed by atoms with Crippen LogP contribution in [0, 0.1) is 12.3 Å². The zero-order valence-corrected chi connectivity index (χ0v) is 22.5. The van der Waals surface area contributed by atoms with Gasteiger partial charge in [-0.1, -0.05) is 54.6 Å². The van der Waals surface area contributed by atoms with Crippen molar-refractivity contribution in [1.82, 2.24) is 9.55 Å². The average molecular weight is 581 g/mol. The Labute approximate surface area is 244 Å². The van der Waals surface area contributed by atoms with Crippen LogP contribution in [0.5, 0.6) is 0 Å². The van der Waals surface area contributed by atoms with Gasteiger partial charge in [0.1, 0.15) is 12.7 Å². The topological polar surface area (TPSA) is 143 Å². The molecule has 11 nitrogen and oxygen atoms in total. The minimum Gasteiger partial charge on any atom is -0.459 e.